The van der Waals surface area contributed by atoms with E-state index < -0.39 is 5.97 Å². The van der Waals surface area contributed by atoms with Gasteiger partial charge in [-0.3, -0.25) is 9.59 Å². The highest BCUT2D eigenvalue weighted by molar-refractivity contribution is 5.76. The van der Waals surface area contributed by atoms with Crippen molar-refractivity contribution in [2.75, 3.05) is 6.54 Å². The molecule has 0 fully saturated rings. The lowest BCUT2D eigenvalue weighted by Gasteiger charge is -2.13. The van der Waals surface area contributed by atoms with Crippen LogP contribution in [-0.4, -0.2) is 23.5 Å². The van der Waals surface area contributed by atoms with Crippen molar-refractivity contribution in [1.29, 1.82) is 0 Å². The van der Waals surface area contributed by atoms with Gasteiger partial charge < -0.3 is 10.4 Å². The average molecular weight is 277 g/mol. The van der Waals surface area contributed by atoms with E-state index in [0.717, 1.165) is 6.42 Å². The second-order valence-corrected chi connectivity index (χ2v) is 5.10. The number of carbonyl (C=O) groups is 2. The predicted octanol–water partition coefficient (Wildman–Crippen LogP) is 2.54. The van der Waals surface area contributed by atoms with Crippen LogP contribution in [-0.2, 0) is 16.0 Å². The average Bonchev–Trinajstić information content (AvgIpc) is 2.42. The van der Waals surface area contributed by atoms with E-state index in [1.807, 2.05) is 38.1 Å². The van der Waals surface area contributed by atoms with E-state index in [9.17, 15) is 9.59 Å². The second-order valence-electron chi connectivity index (χ2n) is 5.10. The smallest absolute Gasteiger partial charge is 0.303 e. The quantitative estimate of drug-likeness (QED) is 0.767. The third kappa shape index (κ3) is 5.87. The maximum Gasteiger partial charge on any atom is 0.303 e. The molecule has 110 valence electrons. The van der Waals surface area contributed by atoms with Crippen LogP contribution >= 0.6 is 0 Å². The Balaban J connectivity index is 2.33. The maximum atomic E-state index is 11.8. The molecule has 2 N–H and O–H groups in total. The molecule has 1 unspecified atom stereocenters. The number of nitrogens with one attached hydrogen (secondary N) is 1. The van der Waals surface area contributed by atoms with E-state index in [4.69, 9.17) is 5.11 Å². The summed E-state index contributed by atoms with van der Waals surface area (Å²) >= 11 is 0. The van der Waals surface area contributed by atoms with Crippen molar-refractivity contribution in [2.24, 2.45) is 5.92 Å². The Bertz CT molecular complexity index is 457. The number of hydrogen-bond acceptors (Lipinski definition) is 2. The zero-order valence-corrected chi connectivity index (χ0v) is 12.2. The van der Waals surface area contributed by atoms with Crippen LogP contribution in [0.5, 0.6) is 0 Å². The molecule has 0 saturated heterocycles. The van der Waals surface area contributed by atoms with Crippen LogP contribution in [0.4, 0.5) is 0 Å². The molecule has 1 rings (SSSR count). The first-order valence-corrected chi connectivity index (χ1v) is 7.06. The van der Waals surface area contributed by atoms with Crippen molar-refractivity contribution in [3.8, 4) is 0 Å². The van der Waals surface area contributed by atoms with Crippen LogP contribution in [0.3, 0.4) is 0 Å². The van der Waals surface area contributed by atoms with Crippen LogP contribution < -0.4 is 5.32 Å². The molecule has 1 atom stereocenters. The molecular weight excluding hydrogens is 254 g/mol. The molecule has 1 amide bonds. The van der Waals surface area contributed by atoms with Crippen molar-refractivity contribution < 1.29 is 14.7 Å². The SMILES string of the molecule is CCC(CNC(=O)CCc1ccccc1C)CC(=O)O. The molecule has 0 aliphatic rings. The summed E-state index contributed by atoms with van der Waals surface area (Å²) in [6.07, 6.45) is 2.02. The molecule has 0 radical (unpaired) electrons. The van der Waals surface area contributed by atoms with Gasteiger partial charge in [0.05, 0.1) is 0 Å². The minimum absolute atomic E-state index is 0.00918. The fourth-order valence-corrected chi connectivity index (χ4v) is 2.09. The lowest BCUT2D eigenvalue weighted by Crippen LogP contribution is -2.30. The second kappa shape index (κ2) is 8.35. The van der Waals surface area contributed by atoms with Crippen molar-refractivity contribution >= 4 is 11.9 Å². The molecule has 0 aliphatic carbocycles. The predicted molar refractivity (Wildman–Crippen MR) is 78.5 cm³/mol. The van der Waals surface area contributed by atoms with E-state index in [1.54, 1.807) is 0 Å². The van der Waals surface area contributed by atoms with E-state index in [-0.39, 0.29) is 18.2 Å². The Labute approximate surface area is 120 Å². The summed E-state index contributed by atoms with van der Waals surface area (Å²) in [4.78, 5) is 22.4. The zero-order chi connectivity index (χ0) is 15.0. The summed E-state index contributed by atoms with van der Waals surface area (Å²) in [5.41, 5.74) is 2.37. The molecule has 4 heteroatoms. The van der Waals surface area contributed by atoms with Gasteiger partial charge in [-0.25, -0.2) is 0 Å². The molecule has 20 heavy (non-hydrogen) atoms. The third-order valence-electron chi connectivity index (χ3n) is 3.51. The van der Waals surface area contributed by atoms with Crippen LogP contribution in [0.2, 0.25) is 0 Å². The number of aliphatic carboxylic acids is 1. The van der Waals surface area contributed by atoms with Gasteiger partial charge in [-0.1, -0.05) is 37.6 Å². The highest BCUT2D eigenvalue weighted by Crippen LogP contribution is 2.10. The summed E-state index contributed by atoms with van der Waals surface area (Å²) < 4.78 is 0. The fourth-order valence-electron chi connectivity index (χ4n) is 2.09. The summed E-state index contributed by atoms with van der Waals surface area (Å²) in [6, 6.07) is 8.02. The van der Waals surface area contributed by atoms with Gasteiger partial charge in [0.15, 0.2) is 0 Å². The lowest BCUT2D eigenvalue weighted by molar-refractivity contribution is -0.138. The number of benzene rings is 1. The van der Waals surface area contributed by atoms with Gasteiger partial charge in [-0.15, -0.1) is 0 Å². The molecule has 0 spiro atoms. The molecule has 1 aromatic rings. The van der Waals surface area contributed by atoms with E-state index in [0.29, 0.717) is 19.4 Å². The largest absolute Gasteiger partial charge is 0.481 e. The summed E-state index contributed by atoms with van der Waals surface area (Å²) in [5.74, 6) is -0.821. The van der Waals surface area contributed by atoms with Crippen molar-refractivity contribution in [3.63, 3.8) is 0 Å². The number of carboxylic acids is 1. The van der Waals surface area contributed by atoms with E-state index >= 15 is 0 Å². The van der Waals surface area contributed by atoms with Gasteiger partial charge in [-0.05, 0) is 30.4 Å². The first-order chi connectivity index (χ1) is 9.52. The molecule has 0 saturated carbocycles. The first-order valence-electron chi connectivity index (χ1n) is 7.06. The van der Waals surface area contributed by atoms with Crippen LogP contribution in [0, 0.1) is 12.8 Å². The van der Waals surface area contributed by atoms with Gasteiger partial charge in [0.2, 0.25) is 5.91 Å². The number of carbonyl (C=O) groups excluding carboxylic acids is 1. The third-order valence-corrected chi connectivity index (χ3v) is 3.51. The Morgan fingerprint density at radius 2 is 2.00 bits per heavy atom. The summed E-state index contributed by atoms with van der Waals surface area (Å²) in [7, 11) is 0. The Kier molecular flexibility index (Phi) is 6.77. The van der Waals surface area contributed by atoms with E-state index in [2.05, 4.69) is 5.32 Å². The van der Waals surface area contributed by atoms with Crippen molar-refractivity contribution in [3.05, 3.63) is 35.4 Å². The molecule has 0 heterocycles. The number of amides is 1. The number of aryl methyl sites for hydroxylation is 2. The van der Waals surface area contributed by atoms with Crippen molar-refractivity contribution in [2.45, 2.75) is 39.5 Å². The van der Waals surface area contributed by atoms with Crippen LogP contribution in [0.25, 0.3) is 0 Å². The minimum Gasteiger partial charge on any atom is -0.481 e. The van der Waals surface area contributed by atoms with Gasteiger partial charge in [0, 0.05) is 19.4 Å². The fraction of sp³-hybridized carbons (Fsp3) is 0.500. The van der Waals surface area contributed by atoms with Gasteiger partial charge in [0.25, 0.3) is 0 Å². The van der Waals surface area contributed by atoms with Crippen LogP contribution in [0.1, 0.15) is 37.3 Å². The summed E-state index contributed by atoms with van der Waals surface area (Å²) in [6.45, 7) is 4.41. The van der Waals surface area contributed by atoms with Gasteiger partial charge >= 0.3 is 5.97 Å². The maximum absolute atomic E-state index is 11.8. The van der Waals surface area contributed by atoms with Crippen LogP contribution in [0.15, 0.2) is 24.3 Å². The monoisotopic (exact) mass is 277 g/mol. The Morgan fingerprint density at radius 1 is 1.30 bits per heavy atom. The number of hydrogen-bond donors (Lipinski definition) is 2. The molecule has 0 aromatic heterocycles. The molecule has 4 nitrogen and oxygen atoms in total. The Morgan fingerprint density at radius 3 is 2.60 bits per heavy atom. The lowest BCUT2D eigenvalue weighted by atomic mass is 10.0. The standard InChI is InChI=1S/C16H23NO3/c1-3-13(10-16(19)20)11-17-15(18)9-8-14-7-5-4-6-12(14)2/h4-7,13H,3,8-11H2,1-2H3,(H,17,18)(H,19,20). The highest BCUT2D eigenvalue weighted by atomic mass is 16.4. The topological polar surface area (TPSA) is 66.4 Å². The van der Waals surface area contributed by atoms with Gasteiger partial charge in [0.1, 0.15) is 0 Å². The summed E-state index contributed by atoms with van der Waals surface area (Å²) in [5, 5.41) is 11.6. The molecule has 1 aromatic carbocycles. The number of rotatable bonds is 8. The van der Waals surface area contributed by atoms with Gasteiger partial charge in [-0.2, -0.15) is 0 Å². The Hall–Kier alpha value is -1.84. The highest BCUT2D eigenvalue weighted by Gasteiger charge is 2.12. The zero-order valence-electron chi connectivity index (χ0n) is 12.2. The minimum atomic E-state index is -0.814. The molecular formula is C16H23NO3. The number of carboxylic acid groups (broad SMARTS) is 1. The van der Waals surface area contributed by atoms with E-state index in [1.165, 1.54) is 11.1 Å². The molecule has 0 aliphatic heterocycles. The normalized spacial score (nSPS) is 11.9. The molecule has 0 bridgehead atoms. The first kappa shape index (κ1) is 16.2. The van der Waals surface area contributed by atoms with Crippen molar-refractivity contribution in [1.82, 2.24) is 5.32 Å².